The summed E-state index contributed by atoms with van der Waals surface area (Å²) in [5.74, 6) is 1.28. The van der Waals surface area contributed by atoms with Gasteiger partial charge in [0.05, 0.1) is 45.7 Å². The molecule has 0 radical (unpaired) electrons. The van der Waals surface area contributed by atoms with E-state index in [-0.39, 0.29) is 34.1 Å². The number of aromatic amines is 2. The van der Waals surface area contributed by atoms with Gasteiger partial charge in [0.15, 0.2) is 0 Å². The van der Waals surface area contributed by atoms with Crippen molar-refractivity contribution >= 4 is 22.0 Å². The number of aromatic nitrogens is 4. The maximum absolute atomic E-state index is 14.0. The minimum absolute atomic E-state index is 0.230. The van der Waals surface area contributed by atoms with E-state index in [1.54, 1.807) is 34.3 Å². The summed E-state index contributed by atoms with van der Waals surface area (Å²) in [6.07, 6.45) is 5.79. The van der Waals surface area contributed by atoms with Crippen LogP contribution in [0, 0.1) is 0 Å². The predicted octanol–water partition coefficient (Wildman–Crippen LogP) is 7.42. The van der Waals surface area contributed by atoms with Crippen LogP contribution in [0.5, 0.6) is 0 Å². The lowest BCUT2D eigenvalue weighted by Crippen LogP contribution is -2.36. The standard InChI is InChI=1S/C36H42N6O6S/c1-35(2,3)47-33(43)41-15-7-9-27(41)31-37-19-25(39-31)21-11-13-23-24-14-12-22(18-30(24)49(45,46)29(23)17-21)26-20-38-32(40-26)28-10-8-16-42(28)34(44)48-36(4,5)6/h11-14,17-20,27-28H,7-10,15-16H2,1-6H3,(H,37,39)(H,38,40)/t27-,28-/m0/s1. The number of fused-ring (bicyclic) bond motifs is 3. The molecule has 0 bridgehead atoms. The number of H-pyrrole nitrogens is 2. The Hall–Kier alpha value is -4.65. The monoisotopic (exact) mass is 686 g/mol. The number of nitrogens with zero attached hydrogens (tertiary/aromatic N) is 4. The Morgan fingerprint density at radius 2 is 1.12 bits per heavy atom. The van der Waals surface area contributed by atoms with Crippen LogP contribution < -0.4 is 0 Å². The zero-order valence-electron chi connectivity index (χ0n) is 28.7. The van der Waals surface area contributed by atoms with E-state index in [4.69, 9.17) is 9.47 Å². The average Bonchev–Trinajstić information content (AvgIpc) is 3.85. The fraction of sp³-hybridized carbons (Fsp3) is 0.444. The summed E-state index contributed by atoms with van der Waals surface area (Å²) in [6, 6.07) is 10.3. The topological polar surface area (TPSA) is 151 Å². The summed E-state index contributed by atoms with van der Waals surface area (Å²) in [6.45, 7) is 12.2. The maximum atomic E-state index is 14.0. The van der Waals surface area contributed by atoms with Crippen LogP contribution in [0.1, 0.15) is 91.0 Å². The third-order valence-electron chi connectivity index (χ3n) is 9.04. The van der Waals surface area contributed by atoms with E-state index < -0.39 is 21.0 Å². The number of benzene rings is 2. The molecule has 5 heterocycles. The Kier molecular flexibility index (Phi) is 7.88. The van der Waals surface area contributed by atoms with Crippen LogP contribution in [0.15, 0.2) is 58.6 Å². The lowest BCUT2D eigenvalue weighted by Gasteiger charge is -2.27. The molecule has 2 aromatic carbocycles. The van der Waals surface area contributed by atoms with Gasteiger partial charge in [-0.1, -0.05) is 24.3 Å². The highest BCUT2D eigenvalue weighted by Crippen LogP contribution is 2.46. The number of imidazole rings is 2. The molecule has 2 saturated heterocycles. The molecule has 4 aromatic rings. The van der Waals surface area contributed by atoms with Gasteiger partial charge in [0, 0.05) is 35.3 Å². The van der Waals surface area contributed by atoms with Gasteiger partial charge in [-0.05, 0) is 79.4 Å². The predicted molar refractivity (Wildman–Crippen MR) is 182 cm³/mol. The smallest absolute Gasteiger partial charge is 0.410 e. The number of carbonyl (C=O) groups excluding carboxylic acids is 2. The van der Waals surface area contributed by atoms with Crippen LogP contribution in [0.25, 0.3) is 33.6 Å². The molecular formula is C36H42N6O6S. The molecule has 2 atom stereocenters. The van der Waals surface area contributed by atoms with Gasteiger partial charge < -0.3 is 19.4 Å². The highest BCUT2D eigenvalue weighted by molar-refractivity contribution is 7.92. The van der Waals surface area contributed by atoms with Crippen molar-refractivity contribution in [1.29, 1.82) is 0 Å². The molecule has 12 nitrogen and oxygen atoms in total. The van der Waals surface area contributed by atoms with Crippen molar-refractivity contribution in [3.05, 3.63) is 60.4 Å². The quantitative estimate of drug-likeness (QED) is 0.198. The third kappa shape index (κ3) is 6.20. The number of likely N-dealkylation sites (tertiary alicyclic amines) is 2. The Balaban J connectivity index is 1.12. The molecule has 7 rings (SSSR count). The number of nitrogens with one attached hydrogen (secondary N) is 2. The fourth-order valence-corrected chi connectivity index (χ4v) is 8.61. The van der Waals surface area contributed by atoms with Gasteiger partial charge in [0.1, 0.15) is 22.9 Å². The fourth-order valence-electron chi connectivity index (χ4n) is 6.87. The van der Waals surface area contributed by atoms with Gasteiger partial charge in [-0.15, -0.1) is 0 Å². The van der Waals surface area contributed by atoms with E-state index in [1.807, 2.05) is 65.8 Å². The summed E-state index contributed by atoms with van der Waals surface area (Å²) in [7, 11) is -3.83. The second kappa shape index (κ2) is 11.7. The number of ether oxygens (including phenoxy) is 2. The minimum Gasteiger partial charge on any atom is -0.444 e. The van der Waals surface area contributed by atoms with Crippen LogP contribution in [-0.2, 0) is 19.3 Å². The molecule has 13 heteroatoms. The molecule has 0 saturated carbocycles. The summed E-state index contributed by atoms with van der Waals surface area (Å²) in [5.41, 5.74) is 2.77. The van der Waals surface area contributed by atoms with Crippen LogP contribution in [0.2, 0.25) is 0 Å². The lowest BCUT2D eigenvalue weighted by atomic mass is 10.0. The average molecular weight is 687 g/mol. The SMILES string of the molecule is CC(C)(C)OC(=O)N1CCC[C@H]1c1ncc(-c2ccc3c(c2)S(=O)(=O)c2cc(-c4cnc([C@@H]5CCCN5C(=O)OC(C)(C)C)[nH]4)ccc2-3)[nH]1. The van der Waals surface area contributed by atoms with Crippen LogP contribution >= 0.6 is 0 Å². The van der Waals surface area contributed by atoms with Crippen LogP contribution in [0.3, 0.4) is 0 Å². The number of hydrogen-bond donors (Lipinski definition) is 2. The zero-order chi connectivity index (χ0) is 34.9. The second-order valence-corrected chi connectivity index (χ2v) is 16.8. The van der Waals surface area contributed by atoms with Crippen molar-refractivity contribution in [1.82, 2.24) is 29.7 Å². The van der Waals surface area contributed by atoms with E-state index in [0.29, 0.717) is 58.4 Å². The molecule has 2 N–H and O–H groups in total. The van der Waals surface area contributed by atoms with E-state index in [2.05, 4.69) is 19.9 Å². The molecular weight excluding hydrogens is 644 g/mol. The summed E-state index contributed by atoms with van der Waals surface area (Å²) >= 11 is 0. The van der Waals surface area contributed by atoms with Crippen molar-refractivity contribution in [2.45, 2.75) is 100 Å². The van der Waals surface area contributed by atoms with Gasteiger partial charge in [0.2, 0.25) is 9.84 Å². The molecule has 2 aromatic heterocycles. The number of hydrogen-bond acceptors (Lipinski definition) is 8. The Labute approximate surface area is 286 Å². The number of rotatable bonds is 4. The first-order valence-corrected chi connectivity index (χ1v) is 18.2. The van der Waals surface area contributed by atoms with E-state index in [1.165, 1.54) is 0 Å². The first kappa shape index (κ1) is 32.9. The molecule has 258 valence electrons. The second-order valence-electron chi connectivity index (χ2n) is 15.0. The molecule has 2 fully saturated rings. The van der Waals surface area contributed by atoms with E-state index in [9.17, 15) is 18.0 Å². The van der Waals surface area contributed by atoms with Crippen molar-refractivity contribution in [2.75, 3.05) is 13.1 Å². The molecule has 2 amide bonds. The molecule has 0 unspecified atom stereocenters. The van der Waals surface area contributed by atoms with E-state index in [0.717, 1.165) is 25.7 Å². The van der Waals surface area contributed by atoms with Gasteiger partial charge >= 0.3 is 12.2 Å². The minimum atomic E-state index is -3.83. The van der Waals surface area contributed by atoms with Crippen LogP contribution in [0.4, 0.5) is 9.59 Å². The third-order valence-corrected chi connectivity index (χ3v) is 10.9. The maximum Gasteiger partial charge on any atom is 0.410 e. The summed E-state index contributed by atoms with van der Waals surface area (Å²) < 4.78 is 39.2. The van der Waals surface area contributed by atoms with Crippen molar-refractivity contribution in [3.8, 4) is 33.6 Å². The van der Waals surface area contributed by atoms with Gasteiger partial charge in [-0.3, -0.25) is 9.80 Å². The normalized spacial score (nSPS) is 20.0. The van der Waals surface area contributed by atoms with Gasteiger partial charge in [-0.25, -0.2) is 28.0 Å². The van der Waals surface area contributed by atoms with Crippen molar-refractivity contribution in [2.24, 2.45) is 0 Å². The largest absolute Gasteiger partial charge is 0.444 e. The molecule has 3 aliphatic heterocycles. The number of amides is 2. The molecule has 3 aliphatic rings. The highest BCUT2D eigenvalue weighted by Gasteiger charge is 2.37. The molecule has 0 aliphatic carbocycles. The first-order chi connectivity index (χ1) is 23.1. The van der Waals surface area contributed by atoms with E-state index >= 15 is 0 Å². The Bertz CT molecular complexity index is 1910. The summed E-state index contributed by atoms with van der Waals surface area (Å²) in [5, 5.41) is 0. The van der Waals surface area contributed by atoms with Gasteiger partial charge in [0.25, 0.3) is 0 Å². The first-order valence-electron chi connectivity index (χ1n) is 16.7. The number of carbonyl (C=O) groups is 2. The molecule has 49 heavy (non-hydrogen) atoms. The highest BCUT2D eigenvalue weighted by atomic mass is 32.2. The lowest BCUT2D eigenvalue weighted by molar-refractivity contribution is 0.0208. The Morgan fingerprint density at radius 3 is 1.51 bits per heavy atom. The zero-order valence-corrected chi connectivity index (χ0v) is 29.5. The summed E-state index contributed by atoms with van der Waals surface area (Å²) in [4.78, 5) is 45.4. The van der Waals surface area contributed by atoms with Crippen LogP contribution in [-0.4, -0.2) is 74.6 Å². The van der Waals surface area contributed by atoms with Crippen molar-refractivity contribution in [3.63, 3.8) is 0 Å². The van der Waals surface area contributed by atoms with Gasteiger partial charge in [-0.2, -0.15) is 0 Å². The molecule has 0 spiro atoms. The Morgan fingerprint density at radius 1 is 0.714 bits per heavy atom. The number of sulfone groups is 1. The van der Waals surface area contributed by atoms with Crippen molar-refractivity contribution < 1.29 is 27.5 Å².